The van der Waals surface area contributed by atoms with E-state index >= 15 is 0 Å². The zero-order chi connectivity index (χ0) is 17.6. The molecule has 0 aliphatic carbocycles. The van der Waals surface area contributed by atoms with Crippen molar-refractivity contribution in [3.8, 4) is 0 Å². The number of carbonyl (C=O) groups is 2. The van der Waals surface area contributed by atoms with Crippen LogP contribution < -0.4 is 10.6 Å². The van der Waals surface area contributed by atoms with E-state index in [1.165, 1.54) is 23.5 Å². The maximum Gasteiger partial charge on any atom is 0.255 e. The van der Waals surface area contributed by atoms with Gasteiger partial charge in [-0.15, -0.1) is 23.5 Å². The van der Waals surface area contributed by atoms with E-state index in [4.69, 9.17) is 0 Å². The van der Waals surface area contributed by atoms with Crippen LogP contribution in [-0.4, -0.2) is 30.4 Å². The molecule has 0 aromatic heterocycles. The quantitative estimate of drug-likeness (QED) is 0.846. The molecule has 1 heterocycles. The first-order chi connectivity index (χ1) is 12.2. The van der Waals surface area contributed by atoms with Crippen LogP contribution in [0.25, 0.3) is 0 Å². The molecule has 0 saturated carbocycles. The molecule has 130 valence electrons. The van der Waals surface area contributed by atoms with Crippen molar-refractivity contribution in [2.75, 3.05) is 23.9 Å². The fourth-order valence-electron chi connectivity index (χ4n) is 2.56. The monoisotopic (exact) mass is 372 g/mol. The number of rotatable bonds is 4. The van der Waals surface area contributed by atoms with Gasteiger partial charge < -0.3 is 10.6 Å². The van der Waals surface area contributed by atoms with Gasteiger partial charge in [-0.05, 0) is 53.8 Å². The highest BCUT2D eigenvalue weighted by Gasteiger charge is 2.17. The van der Waals surface area contributed by atoms with E-state index in [0.29, 0.717) is 21.4 Å². The zero-order valence-electron chi connectivity index (χ0n) is 14.0. The Bertz CT molecular complexity index is 756. The standard InChI is InChI=1S/C19H20N2O2S2/c1-20-17(22)15-4-2-5-16(12-15)21-18(23)13-6-8-14(9-7-13)19-24-10-3-11-25-19/h2,4-9,12,19H,3,10-11H2,1H3,(H,20,22)(H,21,23). The molecule has 0 atom stereocenters. The predicted octanol–water partition coefficient (Wildman–Crippen LogP) is 4.17. The summed E-state index contributed by atoms with van der Waals surface area (Å²) in [5.74, 6) is 2.04. The molecular formula is C19H20N2O2S2. The molecule has 3 rings (SSSR count). The molecule has 1 fully saturated rings. The molecule has 0 spiro atoms. The Morgan fingerprint density at radius 2 is 1.68 bits per heavy atom. The van der Waals surface area contributed by atoms with Gasteiger partial charge in [0.15, 0.2) is 0 Å². The Labute approximate surface area is 156 Å². The fourth-order valence-corrected chi connectivity index (χ4v) is 5.45. The van der Waals surface area contributed by atoms with Gasteiger partial charge in [0.05, 0.1) is 4.58 Å². The Balaban J connectivity index is 1.68. The third kappa shape index (κ3) is 4.58. The Kier molecular flexibility index (Phi) is 6.04. The Morgan fingerprint density at radius 3 is 2.36 bits per heavy atom. The number of amides is 2. The first kappa shape index (κ1) is 17.9. The smallest absolute Gasteiger partial charge is 0.255 e. The normalized spacial score (nSPS) is 14.8. The number of benzene rings is 2. The SMILES string of the molecule is CNC(=O)c1cccc(NC(=O)c2ccc(C3SCCCS3)cc2)c1. The van der Waals surface area contributed by atoms with Crippen LogP contribution in [0.5, 0.6) is 0 Å². The van der Waals surface area contributed by atoms with Gasteiger partial charge in [-0.3, -0.25) is 9.59 Å². The number of thioether (sulfide) groups is 2. The van der Waals surface area contributed by atoms with Crippen LogP contribution >= 0.6 is 23.5 Å². The van der Waals surface area contributed by atoms with Crippen LogP contribution in [0.1, 0.15) is 37.3 Å². The molecule has 2 aromatic rings. The summed E-state index contributed by atoms with van der Waals surface area (Å²) in [7, 11) is 1.58. The van der Waals surface area contributed by atoms with Crippen LogP contribution in [0.15, 0.2) is 48.5 Å². The van der Waals surface area contributed by atoms with E-state index in [1.54, 1.807) is 31.3 Å². The van der Waals surface area contributed by atoms with Crippen LogP contribution in [0.3, 0.4) is 0 Å². The van der Waals surface area contributed by atoms with Crippen molar-refractivity contribution >= 4 is 41.0 Å². The second-order valence-corrected chi connectivity index (χ2v) is 8.39. The highest BCUT2D eigenvalue weighted by molar-refractivity contribution is 8.16. The van der Waals surface area contributed by atoms with Crippen molar-refractivity contribution in [1.82, 2.24) is 5.32 Å². The minimum absolute atomic E-state index is 0.176. The summed E-state index contributed by atoms with van der Waals surface area (Å²) in [5.41, 5.74) is 2.99. The lowest BCUT2D eigenvalue weighted by atomic mass is 10.1. The van der Waals surface area contributed by atoms with Crippen molar-refractivity contribution in [1.29, 1.82) is 0 Å². The molecule has 6 heteroatoms. The van der Waals surface area contributed by atoms with Crippen LogP contribution in [0.4, 0.5) is 5.69 Å². The van der Waals surface area contributed by atoms with Crippen molar-refractivity contribution < 1.29 is 9.59 Å². The summed E-state index contributed by atoms with van der Waals surface area (Å²) in [6, 6.07) is 14.7. The first-order valence-corrected chi connectivity index (χ1v) is 10.2. The van der Waals surface area contributed by atoms with E-state index in [1.807, 2.05) is 47.8 Å². The number of carbonyl (C=O) groups excluding carboxylic acids is 2. The van der Waals surface area contributed by atoms with Gasteiger partial charge in [0.1, 0.15) is 0 Å². The summed E-state index contributed by atoms with van der Waals surface area (Å²) < 4.78 is 0.468. The van der Waals surface area contributed by atoms with Gasteiger partial charge in [-0.25, -0.2) is 0 Å². The van der Waals surface area contributed by atoms with E-state index in [-0.39, 0.29) is 11.8 Å². The summed E-state index contributed by atoms with van der Waals surface area (Å²) >= 11 is 3.93. The number of nitrogens with one attached hydrogen (secondary N) is 2. The minimum atomic E-state index is -0.178. The van der Waals surface area contributed by atoms with Gasteiger partial charge >= 0.3 is 0 Å². The topological polar surface area (TPSA) is 58.2 Å². The van der Waals surface area contributed by atoms with E-state index in [0.717, 1.165) is 0 Å². The van der Waals surface area contributed by atoms with Crippen molar-refractivity contribution in [2.45, 2.75) is 11.0 Å². The third-order valence-corrected chi connectivity index (χ3v) is 6.90. The van der Waals surface area contributed by atoms with E-state index < -0.39 is 0 Å². The molecule has 1 aliphatic rings. The molecule has 4 nitrogen and oxygen atoms in total. The number of anilines is 1. The predicted molar refractivity (Wildman–Crippen MR) is 107 cm³/mol. The number of hydrogen-bond acceptors (Lipinski definition) is 4. The Hall–Kier alpha value is -1.92. The zero-order valence-corrected chi connectivity index (χ0v) is 15.6. The maximum absolute atomic E-state index is 12.4. The van der Waals surface area contributed by atoms with Gasteiger partial charge in [0.25, 0.3) is 11.8 Å². The van der Waals surface area contributed by atoms with Crippen LogP contribution in [0.2, 0.25) is 0 Å². The van der Waals surface area contributed by atoms with E-state index in [9.17, 15) is 9.59 Å². The maximum atomic E-state index is 12.4. The van der Waals surface area contributed by atoms with Gasteiger partial charge in [-0.2, -0.15) is 0 Å². The second-order valence-electron chi connectivity index (χ2n) is 5.66. The summed E-state index contributed by atoms with van der Waals surface area (Å²) in [4.78, 5) is 24.1. The molecule has 1 aliphatic heterocycles. The van der Waals surface area contributed by atoms with Crippen molar-refractivity contribution in [3.05, 3.63) is 65.2 Å². The highest BCUT2D eigenvalue weighted by atomic mass is 32.2. The van der Waals surface area contributed by atoms with Gasteiger partial charge in [0.2, 0.25) is 0 Å². The molecule has 0 unspecified atom stereocenters. The molecule has 1 saturated heterocycles. The van der Waals surface area contributed by atoms with Crippen molar-refractivity contribution in [3.63, 3.8) is 0 Å². The third-order valence-electron chi connectivity index (χ3n) is 3.88. The van der Waals surface area contributed by atoms with E-state index in [2.05, 4.69) is 10.6 Å². The first-order valence-electron chi connectivity index (χ1n) is 8.14. The molecule has 2 N–H and O–H groups in total. The lowest BCUT2D eigenvalue weighted by Crippen LogP contribution is -2.18. The second kappa shape index (κ2) is 8.45. The molecule has 2 amide bonds. The Morgan fingerprint density at radius 1 is 0.960 bits per heavy atom. The average molecular weight is 373 g/mol. The summed E-state index contributed by atoms with van der Waals surface area (Å²) in [6.07, 6.45) is 1.27. The highest BCUT2D eigenvalue weighted by Crippen LogP contribution is 2.43. The lowest BCUT2D eigenvalue weighted by Gasteiger charge is -2.21. The molecular weight excluding hydrogens is 352 g/mol. The van der Waals surface area contributed by atoms with Crippen LogP contribution in [-0.2, 0) is 0 Å². The fraction of sp³-hybridized carbons (Fsp3) is 0.263. The number of hydrogen-bond donors (Lipinski definition) is 2. The molecule has 0 radical (unpaired) electrons. The van der Waals surface area contributed by atoms with Gasteiger partial charge in [-0.1, -0.05) is 18.2 Å². The minimum Gasteiger partial charge on any atom is -0.355 e. The van der Waals surface area contributed by atoms with Gasteiger partial charge in [0, 0.05) is 23.9 Å². The summed E-state index contributed by atoms with van der Waals surface area (Å²) in [6.45, 7) is 0. The molecule has 2 aromatic carbocycles. The van der Waals surface area contributed by atoms with Crippen LogP contribution in [0, 0.1) is 0 Å². The molecule has 0 bridgehead atoms. The largest absolute Gasteiger partial charge is 0.355 e. The average Bonchev–Trinajstić information content (AvgIpc) is 2.68. The summed E-state index contributed by atoms with van der Waals surface area (Å²) in [5, 5.41) is 5.42. The molecule has 25 heavy (non-hydrogen) atoms. The van der Waals surface area contributed by atoms with Crippen molar-refractivity contribution in [2.24, 2.45) is 0 Å². The lowest BCUT2D eigenvalue weighted by molar-refractivity contribution is 0.0961.